The van der Waals surface area contributed by atoms with Crippen LogP contribution in [0.3, 0.4) is 0 Å². The fourth-order valence-electron chi connectivity index (χ4n) is 3.72. The highest BCUT2D eigenvalue weighted by molar-refractivity contribution is 7.89. The summed E-state index contributed by atoms with van der Waals surface area (Å²) in [5.74, 6) is 0.373. The number of rotatable bonds is 8. The first-order valence-corrected chi connectivity index (χ1v) is 12.1. The maximum absolute atomic E-state index is 12.5. The fourth-order valence-corrected chi connectivity index (χ4v) is 4.75. The summed E-state index contributed by atoms with van der Waals surface area (Å²) in [6.45, 7) is 1.50. The van der Waals surface area contributed by atoms with Crippen LogP contribution in [0.4, 0.5) is 0 Å². The predicted octanol–water partition coefficient (Wildman–Crippen LogP) is 3.17. The van der Waals surface area contributed by atoms with Crippen LogP contribution in [0, 0.1) is 0 Å². The summed E-state index contributed by atoms with van der Waals surface area (Å²) < 4.78 is 33.2. The molecule has 3 aromatic rings. The maximum atomic E-state index is 12.5. The second-order valence-electron chi connectivity index (χ2n) is 7.73. The number of hydrogen-bond donors (Lipinski definition) is 1. The molecule has 166 valence electrons. The maximum Gasteiger partial charge on any atom is 0.260 e. The molecule has 4 rings (SSSR count). The first kappa shape index (κ1) is 22.0. The Bertz CT molecular complexity index is 1160. The van der Waals surface area contributed by atoms with Gasteiger partial charge in [0.1, 0.15) is 5.75 Å². The minimum atomic E-state index is -3.60. The lowest BCUT2D eigenvalue weighted by Crippen LogP contribution is -2.38. The summed E-state index contributed by atoms with van der Waals surface area (Å²) in [6, 6.07) is 24.0. The van der Waals surface area contributed by atoms with E-state index in [1.807, 2.05) is 48.5 Å². The molecule has 0 saturated carbocycles. The van der Waals surface area contributed by atoms with Gasteiger partial charge < -0.3 is 9.64 Å². The van der Waals surface area contributed by atoms with Crippen LogP contribution in [0.1, 0.15) is 16.7 Å². The number of ether oxygens (including phenoxy) is 1. The zero-order valence-corrected chi connectivity index (χ0v) is 18.6. The molecule has 1 N–H and O–H groups in total. The SMILES string of the molecule is O=C(COc1ccc(S(=O)(=O)NCCc2ccccc2)cc1)N1CCc2ccccc2C1. The smallest absolute Gasteiger partial charge is 0.260 e. The number of fused-ring (bicyclic) bond motifs is 1. The lowest BCUT2D eigenvalue weighted by Gasteiger charge is -2.28. The van der Waals surface area contributed by atoms with Gasteiger partial charge in [0.25, 0.3) is 5.91 Å². The summed E-state index contributed by atoms with van der Waals surface area (Å²) in [6.07, 6.45) is 1.45. The zero-order valence-electron chi connectivity index (χ0n) is 17.7. The Morgan fingerprint density at radius 2 is 1.59 bits per heavy atom. The number of sulfonamides is 1. The standard InChI is InChI=1S/C25H26N2O4S/c28-25(27-17-15-21-8-4-5-9-22(21)18-27)19-31-23-10-12-24(13-11-23)32(29,30)26-16-14-20-6-2-1-3-7-20/h1-13,26H,14-19H2. The summed E-state index contributed by atoms with van der Waals surface area (Å²) >= 11 is 0. The van der Waals surface area contributed by atoms with Gasteiger partial charge in [-0.25, -0.2) is 13.1 Å². The van der Waals surface area contributed by atoms with Crippen LogP contribution in [0.5, 0.6) is 5.75 Å². The van der Waals surface area contributed by atoms with E-state index < -0.39 is 10.0 Å². The summed E-state index contributed by atoms with van der Waals surface area (Å²) in [7, 11) is -3.60. The molecule has 1 amide bonds. The van der Waals surface area contributed by atoms with Gasteiger partial charge in [-0.3, -0.25) is 4.79 Å². The average Bonchev–Trinajstić information content (AvgIpc) is 2.83. The number of nitrogens with one attached hydrogen (secondary N) is 1. The molecule has 0 unspecified atom stereocenters. The van der Waals surface area contributed by atoms with Gasteiger partial charge in [-0.15, -0.1) is 0 Å². The van der Waals surface area contributed by atoms with E-state index in [0.717, 1.165) is 12.0 Å². The lowest BCUT2D eigenvalue weighted by molar-refractivity contribution is -0.134. The molecular formula is C25H26N2O4S. The first-order valence-electron chi connectivity index (χ1n) is 10.6. The highest BCUT2D eigenvalue weighted by atomic mass is 32.2. The summed E-state index contributed by atoms with van der Waals surface area (Å²) in [5, 5.41) is 0. The topological polar surface area (TPSA) is 75.7 Å². The normalized spacial score (nSPS) is 13.4. The van der Waals surface area contributed by atoms with E-state index in [0.29, 0.717) is 31.8 Å². The number of carbonyl (C=O) groups is 1. The first-order chi connectivity index (χ1) is 15.5. The van der Waals surface area contributed by atoms with Crippen molar-refractivity contribution >= 4 is 15.9 Å². The molecule has 32 heavy (non-hydrogen) atoms. The van der Waals surface area contributed by atoms with Gasteiger partial charge in [0, 0.05) is 19.6 Å². The van der Waals surface area contributed by atoms with Crippen molar-refractivity contribution in [2.75, 3.05) is 19.7 Å². The third-order valence-electron chi connectivity index (χ3n) is 5.53. The highest BCUT2D eigenvalue weighted by Gasteiger charge is 2.21. The monoisotopic (exact) mass is 450 g/mol. The molecule has 0 aliphatic carbocycles. The third-order valence-corrected chi connectivity index (χ3v) is 7.01. The number of amides is 1. The Kier molecular flexibility index (Phi) is 6.87. The third kappa shape index (κ3) is 5.55. The predicted molar refractivity (Wildman–Crippen MR) is 123 cm³/mol. The molecule has 7 heteroatoms. The molecule has 1 aliphatic heterocycles. The second kappa shape index (κ2) is 9.97. The van der Waals surface area contributed by atoms with E-state index in [1.54, 1.807) is 17.0 Å². The van der Waals surface area contributed by atoms with Crippen molar-refractivity contribution in [1.82, 2.24) is 9.62 Å². The molecule has 0 radical (unpaired) electrons. The van der Waals surface area contributed by atoms with Crippen LogP contribution in [0.2, 0.25) is 0 Å². The second-order valence-corrected chi connectivity index (χ2v) is 9.49. The van der Waals surface area contributed by atoms with Crippen molar-refractivity contribution in [2.24, 2.45) is 0 Å². The lowest BCUT2D eigenvalue weighted by atomic mass is 10.00. The van der Waals surface area contributed by atoms with E-state index in [1.165, 1.54) is 23.3 Å². The van der Waals surface area contributed by atoms with Crippen molar-refractivity contribution in [3.8, 4) is 5.75 Å². The average molecular weight is 451 g/mol. The molecule has 0 aromatic heterocycles. The molecule has 6 nitrogen and oxygen atoms in total. The van der Waals surface area contributed by atoms with Gasteiger partial charge in [-0.05, 0) is 53.8 Å². The van der Waals surface area contributed by atoms with E-state index >= 15 is 0 Å². The van der Waals surface area contributed by atoms with E-state index in [-0.39, 0.29) is 17.4 Å². The fraction of sp³-hybridized carbons (Fsp3) is 0.240. The van der Waals surface area contributed by atoms with Crippen LogP contribution < -0.4 is 9.46 Å². The number of carbonyl (C=O) groups excluding carboxylic acids is 1. The molecule has 0 bridgehead atoms. The van der Waals surface area contributed by atoms with Crippen LogP contribution >= 0.6 is 0 Å². The van der Waals surface area contributed by atoms with E-state index in [9.17, 15) is 13.2 Å². The van der Waals surface area contributed by atoms with Gasteiger partial charge in [0.15, 0.2) is 6.61 Å². The van der Waals surface area contributed by atoms with Gasteiger partial charge >= 0.3 is 0 Å². The van der Waals surface area contributed by atoms with E-state index in [4.69, 9.17) is 4.74 Å². The highest BCUT2D eigenvalue weighted by Crippen LogP contribution is 2.20. The molecule has 0 atom stereocenters. The Morgan fingerprint density at radius 3 is 2.34 bits per heavy atom. The minimum absolute atomic E-state index is 0.0798. The van der Waals surface area contributed by atoms with Crippen LogP contribution in [-0.4, -0.2) is 38.9 Å². The van der Waals surface area contributed by atoms with Gasteiger partial charge in [-0.1, -0.05) is 54.6 Å². The van der Waals surface area contributed by atoms with Gasteiger partial charge in [0.05, 0.1) is 4.90 Å². The zero-order chi connectivity index (χ0) is 22.4. The van der Waals surface area contributed by atoms with Crippen molar-refractivity contribution in [2.45, 2.75) is 24.3 Å². The van der Waals surface area contributed by atoms with Crippen LogP contribution in [0.15, 0.2) is 83.8 Å². The number of nitrogens with zero attached hydrogens (tertiary/aromatic N) is 1. The molecule has 3 aromatic carbocycles. The van der Waals surface area contributed by atoms with Crippen molar-refractivity contribution in [3.05, 3.63) is 95.6 Å². The molecular weight excluding hydrogens is 424 g/mol. The van der Waals surface area contributed by atoms with Crippen LogP contribution in [-0.2, 0) is 34.2 Å². The minimum Gasteiger partial charge on any atom is -0.484 e. The number of hydrogen-bond acceptors (Lipinski definition) is 4. The van der Waals surface area contributed by atoms with E-state index in [2.05, 4.69) is 10.8 Å². The van der Waals surface area contributed by atoms with Crippen molar-refractivity contribution in [3.63, 3.8) is 0 Å². The summed E-state index contributed by atoms with van der Waals surface area (Å²) in [5.41, 5.74) is 3.52. The van der Waals surface area contributed by atoms with Crippen molar-refractivity contribution in [1.29, 1.82) is 0 Å². The van der Waals surface area contributed by atoms with Crippen LogP contribution in [0.25, 0.3) is 0 Å². The Labute approximate surface area is 188 Å². The van der Waals surface area contributed by atoms with Crippen molar-refractivity contribution < 1.29 is 17.9 Å². The largest absolute Gasteiger partial charge is 0.484 e. The van der Waals surface area contributed by atoms with Gasteiger partial charge in [-0.2, -0.15) is 0 Å². The Hall–Kier alpha value is -3.16. The molecule has 1 heterocycles. The quantitative estimate of drug-likeness (QED) is 0.572. The molecule has 0 saturated heterocycles. The molecule has 0 spiro atoms. The molecule has 1 aliphatic rings. The Morgan fingerprint density at radius 1 is 0.906 bits per heavy atom. The van der Waals surface area contributed by atoms with Gasteiger partial charge in [0.2, 0.25) is 10.0 Å². The molecule has 0 fully saturated rings. The Balaban J connectivity index is 1.27. The number of benzene rings is 3. The summed E-state index contributed by atoms with van der Waals surface area (Å²) in [4.78, 5) is 14.5.